The van der Waals surface area contributed by atoms with E-state index in [0.29, 0.717) is 17.3 Å². The first-order valence-corrected chi connectivity index (χ1v) is 9.21. The van der Waals surface area contributed by atoms with Gasteiger partial charge >= 0.3 is 0 Å². The van der Waals surface area contributed by atoms with Crippen LogP contribution in [0.2, 0.25) is 0 Å². The second-order valence-electron chi connectivity index (χ2n) is 5.62. The molecule has 2 aromatic carbocycles. The lowest BCUT2D eigenvalue weighted by Gasteiger charge is -2.18. The molecule has 1 aliphatic rings. The third-order valence-electron chi connectivity index (χ3n) is 3.88. The average Bonchev–Trinajstić information content (AvgIpc) is 2.67. The SMILES string of the molecule is CO/N=C/c1ccc(-c2ccccc2NC(=O)C2=C(C)OCCS2)cc1. The molecule has 1 N–H and O–H groups in total. The van der Waals surface area contributed by atoms with Gasteiger partial charge in [-0.1, -0.05) is 47.6 Å². The Morgan fingerprint density at radius 1 is 1.23 bits per heavy atom. The van der Waals surface area contributed by atoms with Crippen LogP contribution in [0.15, 0.2) is 64.4 Å². The highest BCUT2D eigenvalue weighted by Crippen LogP contribution is 2.31. The molecule has 26 heavy (non-hydrogen) atoms. The highest BCUT2D eigenvalue weighted by Gasteiger charge is 2.19. The second kappa shape index (κ2) is 8.58. The molecule has 5 nitrogen and oxygen atoms in total. The molecule has 6 heteroatoms. The van der Waals surface area contributed by atoms with E-state index in [-0.39, 0.29) is 5.91 Å². The fourth-order valence-corrected chi connectivity index (χ4v) is 3.43. The third-order valence-corrected chi connectivity index (χ3v) is 5.01. The van der Waals surface area contributed by atoms with Crippen LogP contribution in [-0.4, -0.2) is 31.6 Å². The number of anilines is 1. The second-order valence-corrected chi connectivity index (χ2v) is 6.73. The maximum atomic E-state index is 12.6. The summed E-state index contributed by atoms with van der Waals surface area (Å²) < 4.78 is 5.48. The van der Waals surface area contributed by atoms with Crippen LogP contribution >= 0.6 is 11.8 Å². The number of allylic oxidation sites excluding steroid dienone is 1. The number of amides is 1. The van der Waals surface area contributed by atoms with Crippen molar-refractivity contribution in [2.45, 2.75) is 6.92 Å². The standard InChI is InChI=1S/C20H20N2O3S/c1-14-19(26-12-11-25-14)20(23)22-18-6-4-3-5-17(18)16-9-7-15(8-10-16)13-21-24-2/h3-10,13H,11-12H2,1-2H3,(H,22,23)/b21-13+. The molecule has 0 radical (unpaired) electrons. The minimum absolute atomic E-state index is 0.136. The van der Waals surface area contributed by atoms with E-state index in [4.69, 9.17) is 9.57 Å². The Morgan fingerprint density at radius 2 is 2.00 bits per heavy atom. The van der Waals surface area contributed by atoms with Crippen molar-refractivity contribution < 1.29 is 14.4 Å². The molecule has 3 rings (SSSR count). The molecule has 0 unspecified atom stereocenters. The molecule has 0 atom stereocenters. The Hall–Kier alpha value is -2.73. The normalized spacial score (nSPS) is 14.2. The molecule has 0 saturated carbocycles. The summed E-state index contributed by atoms with van der Waals surface area (Å²) >= 11 is 1.53. The van der Waals surface area contributed by atoms with Gasteiger partial charge in [0.1, 0.15) is 17.8 Å². The van der Waals surface area contributed by atoms with Crippen molar-refractivity contribution in [1.82, 2.24) is 0 Å². The van der Waals surface area contributed by atoms with E-state index in [1.54, 1.807) is 6.21 Å². The molecule has 0 spiro atoms. The fourth-order valence-electron chi connectivity index (χ4n) is 2.62. The number of carbonyl (C=O) groups excluding carboxylic acids is 1. The van der Waals surface area contributed by atoms with Crippen molar-refractivity contribution in [3.8, 4) is 11.1 Å². The van der Waals surface area contributed by atoms with Gasteiger partial charge in [0, 0.05) is 17.0 Å². The van der Waals surface area contributed by atoms with Crippen LogP contribution in [0.25, 0.3) is 11.1 Å². The third kappa shape index (κ3) is 4.26. The predicted molar refractivity (Wildman–Crippen MR) is 106 cm³/mol. The summed E-state index contributed by atoms with van der Waals surface area (Å²) in [5.74, 6) is 1.33. The number of nitrogens with zero attached hydrogens (tertiary/aromatic N) is 1. The maximum absolute atomic E-state index is 12.6. The van der Waals surface area contributed by atoms with Crippen molar-refractivity contribution in [2.24, 2.45) is 5.16 Å². The highest BCUT2D eigenvalue weighted by molar-refractivity contribution is 8.04. The molecule has 1 aliphatic heterocycles. The largest absolute Gasteiger partial charge is 0.496 e. The Labute approximate surface area is 157 Å². The van der Waals surface area contributed by atoms with Crippen LogP contribution in [0.5, 0.6) is 0 Å². The van der Waals surface area contributed by atoms with Crippen LogP contribution in [-0.2, 0) is 14.4 Å². The van der Waals surface area contributed by atoms with Gasteiger partial charge in [-0.3, -0.25) is 4.79 Å². The van der Waals surface area contributed by atoms with Gasteiger partial charge in [0.05, 0.1) is 12.8 Å². The van der Waals surface area contributed by atoms with Crippen molar-refractivity contribution in [2.75, 3.05) is 24.8 Å². The molecular formula is C20H20N2O3S. The van der Waals surface area contributed by atoms with Crippen molar-refractivity contribution in [1.29, 1.82) is 0 Å². The zero-order valence-electron chi connectivity index (χ0n) is 14.7. The zero-order chi connectivity index (χ0) is 18.4. The van der Waals surface area contributed by atoms with Gasteiger partial charge in [-0.2, -0.15) is 0 Å². The van der Waals surface area contributed by atoms with Crippen LogP contribution in [0.4, 0.5) is 5.69 Å². The Morgan fingerprint density at radius 3 is 2.73 bits per heavy atom. The van der Waals surface area contributed by atoms with E-state index in [1.165, 1.54) is 18.9 Å². The van der Waals surface area contributed by atoms with Crippen molar-refractivity contribution in [3.05, 3.63) is 64.8 Å². The topological polar surface area (TPSA) is 59.9 Å². The van der Waals surface area contributed by atoms with Crippen LogP contribution in [0, 0.1) is 0 Å². The summed E-state index contributed by atoms with van der Waals surface area (Å²) in [6.07, 6.45) is 1.65. The molecular weight excluding hydrogens is 348 g/mol. The predicted octanol–water partition coefficient (Wildman–Crippen LogP) is 4.27. The number of para-hydroxylation sites is 1. The summed E-state index contributed by atoms with van der Waals surface area (Å²) in [4.78, 5) is 18.0. The number of hydrogen-bond donors (Lipinski definition) is 1. The van der Waals surface area contributed by atoms with E-state index < -0.39 is 0 Å². The van der Waals surface area contributed by atoms with Crippen molar-refractivity contribution >= 4 is 29.6 Å². The number of benzene rings is 2. The van der Waals surface area contributed by atoms with Crippen LogP contribution in [0.3, 0.4) is 0 Å². The Bertz CT molecular complexity index is 844. The van der Waals surface area contributed by atoms with E-state index in [2.05, 4.69) is 10.5 Å². The quantitative estimate of drug-likeness (QED) is 0.632. The molecule has 134 valence electrons. The highest BCUT2D eigenvalue weighted by atomic mass is 32.2. The number of nitrogens with one attached hydrogen (secondary N) is 1. The number of hydrogen-bond acceptors (Lipinski definition) is 5. The Kier molecular flexibility index (Phi) is 5.96. The first-order chi connectivity index (χ1) is 12.7. The van der Waals surface area contributed by atoms with Gasteiger partial charge in [-0.05, 0) is 24.1 Å². The first-order valence-electron chi connectivity index (χ1n) is 8.23. The van der Waals surface area contributed by atoms with Gasteiger partial charge in [0.15, 0.2) is 0 Å². The van der Waals surface area contributed by atoms with Crippen LogP contribution in [0.1, 0.15) is 12.5 Å². The molecule has 0 aliphatic carbocycles. The minimum atomic E-state index is -0.136. The minimum Gasteiger partial charge on any atom is -0.496 e. The van der Waals surface area contributed by atoms with E-state index in [1.807, 2.05) is 55.5 Å². The lowest BCUT2D eigenvalue weighted by atomic mass is 10.0. The Balaban J connectivity index is 1.84. The van der Waals surface area contributed by atoms with E-state index >= 15 is 0 Å². The van der Waals surface area contributed by atoms with Crippen LogP contribution < -0.4 is 5.32 Å². The molecule has 0 aromatic heterocycles. The molecule has 0 bridgehead atoms. The summed E-state index contributed by atoms with van der Waals surface area (Å²) in [5, 5.41) is 6.77. The fraction of sp³-hybridized carbons (Fsp3) is 0.200. The van der Waals surface area contributed by atoms with E-state index in [0.717, 1.165) is 28.1 Å². The molecule has 2 aromatic rings. The number of ether oxygens (including phenoxy) is 1. The smallest absolute Gasteiger partial charge is 0.265 e. The van der Waals surface area contributed by atoms with Gasteiger partial charge < -0.3 is 14.9 Å². The number of carbonyl (C=O) groups is 1. The summed E-state index contributed by atoms with van der Waals surface area (Å²) in [5.41, 5.74) is 3.67. The maximum Gasteiger partial charge on any atom is 0.265 e. The number of thioether (sulfide) groups is 1. The van der Waals surface area contributed by atoms with Gasteiger partial charge in [0.2, 0.25) is 0 Å². The number of rotatable bonds is 5. The lowest BCUT2D eigenvalue weighted by Crippen LogP contribution is -2.18. The van der Waals surface area contributed by atoms with Gasteiger partial charge in [-0.25, -0.2) is 0 Å². The average molecular weight is 368 g/mol. The molecule has 0 saturated heterocycles. The van der Waals surface area contributed by atoms with E-state index in [9.17, 15) is 4.79 Å². The summed E-state index contributed by atoms with van der Waals surface area (Å²) in [6, 6.07) is 15.6. The molecule has 1 amide bonds. The molecule has 1 heterocycles. The summed E-state index contributed by atoms with van der Waals surface area (Å²) in [6.45, 7) is 2.47. The van der Waals surface area contributed by atoms with Gasteiger partial charge in [-0.15, -0.1) is 11.8 Å². The zero-order valence-corrected chi connectivity index (χ0v) is 15.5. The number of oxime groups is 1. The first kappa shape index (κ1) is 18.1. The lowest BCUT2D eigenvalue weighted by molar-refractivity contribution is -0.112. The molecule has 0 fully saturated rings. The monoisotopic (exact) mass is 368 g/mol. The van der Waals surface area contributed by atoms with Gasteiger partial charge in [0.25, 0.3) is 5.91 Å². The summed E-state index contributed by atoms with van der Waals surface area (Å²) in [7, 11) is 1.51. The van der Waals surface area contributed by atoms with Crippen molar-refractivity contribution in [3.63, 3.8) is 0 Å².